The molecular weight excluding hydrogens is 310 g/mol. The van der Waals surface area contributed by atoms with Gasteiger partial charge in [-0.25, -0.2) is 0 Å². The van der Waals surface area contributed by atoms with Gasteiger partial charge in [0.1, 0.15) is 11.9 Å². The second-order valence-corrected chi connectivity index (χ2v) is 5.84. The zero-order chi connectivity index (χ0) is 17.6. The summed E-state index contributed by atoms with van der Waals surface area (Å²) in [5.41, 5.74) is 4.54. The molecule has 0 spiro atoms. The molecule has 0 radical (unpaired) electrons. The molecule has 0 aliphatic carbocycles. The van der Waals surface area contributed by atoms with Crippen LogP contribution in [0.15, 0.2) is 72.8 Å². The average molecular weight is 329 g/mol. The molecule has 0 heterocycles. The Hall–Kier alpha value is -3.09. The van der Waals surface area contributed by atoms with Crippen molar-refractivity contribution in [1.29, 1.82) is 5.26 Å². The molecule has 0 saturated heterocycles. The van der Waals surface area contributed by atoms with Crippen molar-refractivity contribution in [3.8, 4) is 22.9 Å². The molecule has 0 aliphatic heterocycles. The number of benzene rings is 3. The Morgan fingerprint density at radius 2 is 1.64 bits per heavy atom. The van der Waals surface area contributed by atoms with Crippen molar-refractivity contribution in [2.24, 2.45) is 0 Å². The lowest BCUT2D eigenvalue weighted by Crippen LogP contribution is -2.05. The summed E-state index contributed by atoms with van der Waals surface area (Å²) in [5, 5.41) is 18.5. The fourth-order valence-corrected chi connectivity index (χ4v) is 2.70. The molecule has 0 fully saturated rings. The van der Waals surface area contributed by atoms with Gasteiger partial charge in [0.05, 0.1) is 18.2 Å². The number of rotatable bonds is 5. The molecule has 1 N–H and O–H groups in total. The summed E-state index contributed by atoms with van der Waals surface area (Å²) < 4.78 is 6.00. The van der Waals surface area contributed by atoms with Gasteiger partial charge in [-0.2, -0.15) is 5.26 Å². The molecule has 0 saturated carbocycles. The molecule has 0 amide bonds. The van der Waals surface area contributed by atoms with Crippen LogP contribution in [-0.4, -0.2) is 5.11 Å². The predicted molar refractivity (Wildman–Crippen MR) is 98.0 cm³/mol. The summed E-state index contributed by atoms with van der Waals surface area (Å²) in [7, 11) is 0. The van der Waals surface area contributed by atoms with E-state index in [2.05, 4.69) is 30.3 Å². The lowest BCUT2D eigenvalue weighted by Gasteiger charge is -2.18. The van der Waals surface area contributed by atoms with Gasteiger partial charge in [-0.3, -0.25) is 0 Å². The van der Waals surface area contributed by atoms with E-state index in [1.165, 1.54) is 5.56 Å². The van der Waals surface area contributed by atoms with E-state index in [4.69, 9.17) is 10.00 Å². The van der Waals surface area contributed by atoms with Crippen LogP contribution in [0.1, 0.15) is 29.7 Å². The van der Waals surface area contributed by atoms with Gasteiger partial charge in [0.25, 0.3) is 0 Å². The lowest BCUT2D eigenvalue weighted by atomic mass is 10.0. The summed E-state index contributed by atoms with van der Waals surface area (Å²) >= 11 is 0. The smallest absolute Gasteiger partial charge is 0.127 e. The maximum Gasteiger partial charge on any atom is 0.127 e. The Morgan fingerprint density at radius 3 is 2.28 bits per heavy atom. The van der Waals surface area contributed by atoms with E-state index < -0.39 is 0 Å². The van der Waals surface area contributed by atoms with Crippen LogP contribution in [-0.2, 0) is 6.61 Å². The van der Waals surface area contributed by atoms with Crippen LogP contribution in [0, 0.1) is 11.3 Å². The van der Waals surface area contributed by atoms with Crippen LogP contribution in [0.5, 0.6) is 5.75 Å². The predicted octanol–water partition coefficient (Wildman–Crippen LogP) is 4.86. The second-order valence-electron chi connectivity index (χ2n) is 5.84. The number of ether oxygens (including phenoxy) is 1. The molecule has 3 rings (SSSR count). The molecule has 1 atom stereocenters. The highest BCUT2D eigenvalue weighted by atomic mass is 16.5. The minimum atomic E-state index is -0.191. The van der Waals surface area contributed by atoms with E-state index in [-0.39, 0.29) is 12.7 Å². The van der Waals surface area contributed by atoms with Crippen molar-refractivity contribution >= 4 is 0 Å². The quantitative estimate of drug-likeness (QED) is 0.727. The number of hydrogen-bond acceptors (Lipinski definition) is 3. The molecule has 3 aromatic carbocycles. The molecule has 1 unspecified atom stereocenters. The van der Waals surface area contributed by atoms with Crippen molar-refractivity contribution < 1.29 is 9.84 Å². The third-order valence-corrected chi connectivity index (χ3v) is 4.16. The van der Waals surface area contributed by atoms with E-state index >= 15 is 0 Å². The molecule has 0 aliphatic rings. The van der Waals surface area contributed by atoms with Crippen molar-refractivity contribution in [3.63, 3.8) is 0 Å². The summed E-state index contributed by atoms with van der Waals surface area (Å²) in [6, 6.07) is 25.6. The molecule has 3 aromatic rings. The van der Waals surface area contributed by atoms with Crippen molar-refractivity contribution in [1.82, 2.24) is 0 Å². The first-order valence-corrected chi connectivity index (χ1v) is 8.17. The average Bonchev–Trinajstić information content (AvgIpc) is 2.68. The standard InChI is InChI=1S/C22H19NO2/c1-16(25-22-13-17(14-23)7-8-21(22)15-24)18-9-11-20(12-10-18)19-5-3-2-4-6-19/h2-13,16,24H,15H2,1H3. The Kier molecular flexibility index (Phi) is 5.13. The number of aliphatic hydroxyl groups excluding tert-OH is 1. The maximum atomic E-state index is 9.47. The fourth-order valence-electron chi connectivity index (χ4n) is 2.70. The first-order chi connectivity index (χ1) is 12.2. The Bertz CT molecular complexity index is 880. The maximum absolute atomic E-state index is 9.47. The highest BCUT2D eigenvalue weighted by Crippen LogP contribution is 2.28. The van der Waals surface area contributed by atoms with Gasteiger partial charge in [0.2, 0.25) is 0 Å². The van der Waals surface area contributed by atoms with Gasteiger partial charge in [-0.15, -0.1) is 0 Å². The van der Waals surface area contributed by atoms with Gasteiger partial charge in [-0.05, 0) is 35.7 Å². The first-order valence-electron chi connectivity index (χ1n) is 8.17. The summed E-state index contributed by atoms with van der Waals surface area (Å²) in [6.45, 7) is 1.83. The number of nitrogens with zero attached hydrogens (tertiary/aromatic N) is 1. The van der Waals surface area contributed by atoms with Gasteiger partial charge in [-0.1, -0.05) is 60.7 Å². The van der Waals surface area contributed by atoms with Crippen LogP contribution in [0.3, 0.4) is 0 Å². The second kappa shape index (κ2) is 7.65. The third kappa shape index (κ3) is 3.88. The van der Waals surface area contributed by atoms with E-state index in [0.29, 0.717) is 16.9 Å². The topological polar surface area (TPSA) is 53.2 Å². The zero-order valence-corrected chi connectivity index (χ0v) is 14.0. The molecule has 3 heteroatoms. The number of aliphatic hydroxyl groups is 1. The summed E-state index contributed by atoms with van der Waals surface area (Å²) in [4.78, 5) is 0. The largest absolute Gasteiger partial charge is 0.486 e. The van der Waals surface area contributed by atoms with Crippen molar-refractivity contribution in [2.75, 3.05) is 0 Å². The third-order valence-electron chi connectivity index (χ3n) is 4.16. The Morgan fingerprint density at radius 1 is 0.960 bits per heavy atom. The van der Waals surface area contributed by atoms with Crippen LogP contribution < -0.4 is 4.74 Å². The number of hydrogen-bond donors (Lipinski definition) is 1. The summed E-state index contributed by atoms with van der Waals surface area (Å²) in [6.07, 6.45) is -0.191. The molecule has 124 valence electrons. The number of nitriles is 1. The molecule has 0 aromatic heterocycles. The fraction of sp³-hybridized carbons (Fsp3) is 0.136. The normalized spacial score (nSPS) is 11.6. The van der Waals surface area contributed by atoms with E-state index in [0.717, 1.165) is 11.1 Å². The molecule has 25 heavy (non-hydrogen) atoms. The van der Waals surface area contributed by atoms with Crippen LogP contribution >= 0.6 is 0 Å². The lowest BCUT2D eigenvalue weighted by molar-refractivity contribution is 0.213. The van der Waals surface area contributed by atoms with E-state index in [1.54, 1.807) is 18.2 Å². The van der Waals surface area contributed by atoms with E-state index in [9.17, 15) is 5.11 Å². The molecule has 3 nitrogen and oxygen atoms in total. The minimum absolute atomic E-state index is 0.124. The highest BCUT2D eigenvalue weighted by Gasteiger charge is 2.11. The van der Waals surface area contributed by atoms with Crippen molar-refractivity contribution in [2.45, 2.75) is 19.6 Å². The van der Waals surface area contributed by atoms with Gasteiger partial charge in [0.15, 0.2) is 0 Å². The molecule has 0 bridgehead atoms. The SMILES string of the molecule is CC(Oc1cc(C#N)ccc1CO)c1ccc(-c2ccccc2)cc1. The summed E-state index contributed by atoms with van der Waals surface area (Å²) in [5.74, 6) is 0.543. The monoisotopic (exact) mass is 329 g/mol. The minimum Gasteiger partial charge on any atom is -0.486 e. The Balaban J connectivity index is 1.80. The Labute approximate surface area is 147 Å². The molecular formula is C22H19NO2. The van der Waals surface area contributed by atoms with Gasteiger partial charge < -0.3 is 9.84 Å². The zero-order valence-electron chi connectivity index (χ0n) is 14.0. The van der Waals surface area contributed by atoms with Gasteiger partial charge >= 0.3 is 0 Å². The first kappa shape index (κ1) is 16.8. The highest BCUT2D eigenvalue weighted by molar-refractivity contribution is 5.63. The van der Waals surface area contributed by atoms with E-state index in [1.807, 2.05) is 37.3 Å². The van der Waals surface area contributed by atoms with Crippen LogP contribution in [0.4, 0.5) is 0 Å². The van der Waals surface area contributed by atoms with Crippen LogP contribution in [0.2, 0.25) is 0 Å². The van der Waals surface area contributed by atoms with Gasteiger partial charge in [0, 0.05) is 5.56 Å². The van der Waals surface area contributed by atoms with Crippen LogP contribution in [0.25, 0.3) is 11.1 Å². The van der Waals surface area contributed by atoms with Crippen molar-refractivity contribution in [3.05, 3.63) is 89.5 Å².